The van der Waals surface area contributed by atoms with Crippen molar-refractivity contribution < 1.29 is 13.5 Å². The second-order valence-electron chi connectivity index (χ2n) is 5.28. The minimum absolute atomic E-state index is 0.0746. The molecular formula is C16H21N3O3S. The van der Waals surface area contributed by atoms with Gasteiger partial charge in [0.2, 0.25) is 11.8 Å². The summed E-state index contributed by atoms with van der Waals surface area (Å²) >= 11 is 0. The largest absolute Gasteiger partial charge is 0.349 e. The van der Waals surface area contributed by atoms with Crippen LogP contribution in [0, 0.1) is 0 Å². The summed E-state index contributed by atoms with van der Waals surface area (Å²) in [6, 6.07) is 9.51. The first kappa shape index (κ1) is 17.3. The van der Waals surface area contributed by atoms with Crippen molar-refractivity contribution in [3.63, 3.8) is 0 Å². The van der Waals surface area contributed by atoms with Crippen molar-refractivity contribution in [1.29, 1.82) is 0 Å². The van der Waals surface area contributed by atoms with E-state index >= 15 is 0 Å². The second kappa shape index (κ2) is 8.57. The number of nitrogens with zero attached hydrogens (tertiary/aromatic N) is 2. The number of hydrogen-bond acceptors (Lipinski definition) is 5. The van der Waals surface area contributed by atoms with Crippen molar-refractivity contribution >= 4 is 16.7 Å². The highest BCUT2D eigenvalue weighted by Crippen LogP contribution is 2.11. The molecule has 0 saturated carbocycles. The molecule has 1 N–H and O–H groups in total. The molecule has 0 radical (unpaired) electrons. The van der Waals surface area contributed by atoms with Crippen molar-refractivity contribution in [2.75, 3.05) is 5.75 Å². The summed E-state index contributed by atoms with van der Waals surface area (Å²) in [5, 5.41) is 6.62. The fourth-order valence-corrected chi connectivity index (χ4v) is 3.00. The first-order valence-corrected chi connectivity index (χ1v) is 9.08. The summed E-state index contributed by atoms with van der Waals surface area (Å²) in [6.07, 6.45) is 1.61. The molecule has 1 aromatic carbocycles. The van der Waals surface area contributed by atoms with Crippen molar-refractivity contribution in [3.8, 4) is 0 Å². The molecule has 2 unspecified atom stereocenters. The van der Waals surface area contributed by atoms with E-state index in [-0.39, 0.29) is 23.5 Å². The average Bonchev–Trinajstić information content (AvgIpc) is 2.95. The average molecular weight is 335 g/mol. The Labute approximate surface area is 138 Å². The number of amides is 1. The summed E-state index contributed by atoms with van der Waals surface area (Å²) < 4.78 is 17.1. The van der Waals surface area contributed by atoms with Gasteiger partial charge in [-0.1, -0.05) is 42.4 Å². The lowest BCUT2D eigenvalue weighted by molar-refractivity contribution is -0.119. The van der Waals surface area contributed by atoms with Crippen LogP contribution in [-0.4, -0.2) is 26.0 Å². The zero-order valence-electron chi connectivity index (χ0n) is 13.3. The monoisotopic (exact) mass is 335 g/mol. The van der Waals surface area contributed by atoms with Crippen LogP contribution >= 0.6 is 0 Å². The Morgan fingerprint density at radius 1 is 1.35 bits per heavy atom. The third-order valence-corrected chi connectivity index (χ3v) is 4.40. The smallest absolute Gasteiger partial charge is 0.233 e. The molecule has 1 heterocycles. The first-order chi connectivity index (χ1) is 11.1. The minimum Gasteiger partial charge on any atom is -0.349 e. The molecule has 0 aliphatic carbocycles. The maximum absolute atomic E-state index is 12.0. The zero-order valence-corrected chi connectivity index (χ0v) is 14.1. The van der Waals surface area contributed by atoms with Gasteiger partial charge in [0, 0.05) is 17.2 Å². The van der Waals surface area contributed by atoms with Crippen molar-refractivity contribution in [2.24, 2.45) is 0 Å². The zero-order chi connectivity index (χ0) is 16.7. The van der Waals surface area contributed by atoms with E-state index in [4.69, 9.17) is 4.52 Å². The topological polar surface area (TPSA) is 85.1 Å². The number of aryl methyl sites for hydroxylation is 1. The number of benzene rings is 1. The summed E-state index contributed by atoms with van der Waals surface area (Å²) in [7, 11) is -1.36. The van der Waals surface area contributed by atoms with E-state index in [0.717, 1.165) is 12.0 Å². The molecule has 124 valence electrons. The highest BCUT2D eigenvalue weighted by Gasteiger charge is 2.15. The van der Waals surface area contributed by atoms with Crippen molar-refractivity contribution in [1.82, 2.24) is 15.5 Å². The Morgan fingerprint density at radius 2 is 2.09 bits per heavy atom. The van der Waals surface area contributed by atoms with Crippen LogP contribution in [0.1, 0.15) is 43.6 Å². The third kappa shape index (κ3) is 5.59. The van der Waals surface area contributed by atoms with Gasteiger partial charge in [-0.2, -0.15) is 4.98 Å². The molecule has 2 rings (SSSR count). The Kier molecular flexibility index (Phi) is 6.46. The Morgan fingerprint density at radius 3 is 2.78 bits per heavy atom. The molecule has 2 aromatic rings. The van der Waals surface area contributed by atoms with Crippen LogP contribution in [0.4, 0.5) is 0 Å². The van der Waals surface area contributed by atoms with Gasteiger partial charge in [0.1, 0.15) is 5.75 Å². The maximum Gasteiger partial charge on any atom is 0.233 e. The number of aromatic nitrogens is 2. The number of rotatable bonds is 8. The van der Waals surface area contributed by atoms with Gasteiger partial charge in [-0.05, 0) is 18.9 Å². The van der Waals surface area contributed by atoms with Gasteiger partial charge in [0.15, 0.2) is 5.82 Å². The normalized spacial score (nSPS) is 13.5. The highest BCUT2D eigenvalue weighted by molar-refractivity contribution is 7.84. The maximum atomic E-state index is 12.0. The van der Waals surface area contributed by atoms with Gasteiger partial charge >= 0.3 is 0 Å². The Hall–Kier alpha value is -2.02. The number of nitrogens with one attached hydrogen (secondary N) is 1. The predicted octanol–water partition coefficient (Wildman–Crippen LogP) is 2.15. The van der Waals surface area contributed by atoms with Gasteiger partial charge in [-0.15, -0.1) is 0 Å². The van der Waals surface area contributed by atoms with E-state index < -0.39 is 10.8 Å². The molecule has 6 nitrogen and oxygen atoms in total. The summed E-state index contributed by atoms with van der Waals surface area (Å²) in [5.74, 6) is 0.726. The first-order valence-electron chi connectivity index (χ1n) is 7.59. The molecule has 0 aliphatic heterocycles. The molecule has 23 heavy (non-hydrogen) atoms. The fraction of sp³-hybridized carbons (Fsp3) is 0.438. The minimum atomic E-state index is -1.36. The van der Waals surface area contributed by atoms with E-state index in [1.807, 2.05) is 44.2 Å². The molecule has 1 aromatic heterocycles. The lowest BCUT2D eigenvalue weighted by atomic mass is 10.1. The van der Waals surface area contributed by atoms with E-state index in [1.165, 1.54) is 0 Å². The summed E-state index contributed by atoms with van der Waals surface area (Å²) in [6.45, 7) is 3.91. The standard InChI is InChI=1S/C16H21N3O3S/c1-3-7-16-18-14(19-22-16)10-23(21)11-15(20)17-12(2)13-8-5-4-6-9-13/h4-6,8-9,12H,3,7,10-11H2,1-2H3,(H,17,20). The van der Waals surface area contributed by atoms with Gasteiger partial charge < -0.3 is 9.84 Å². The number of hydrogen-bond donors (Lipinski definition) is 1. The van der Waals surface area contributed by atoms with Crippen LogP contribution in [0.3, 0.4) is 0 Å². The van der Waals surface area contributed by atoms with Crippen LogP contribution in [0.25, 0.3) is 0 Å². The molecule has 7 heteroatoms. The quantitative estimate of drug-likeness (QED) is 0.799. The number of carbonyl (C=O) groups is 1. The van der Waals surface area contributed by atoms with E-state index in [2.05, 4.69) is 15.5 Å². The van der Waals surface area contributed by atoms with Crippen LogP contribution in [-0.2, 0) is 27.8 Å². The molecule has 2 atom stereocenters. The molecule has 0 aliphatic rings. The van der Waals surface area contributed by atoms with Gasteiger partial charge in [-0.3, -0.25) is 9.00 Å². The van der Waals surface area contributed by atoms with Gasteiger partial charge in [0.05, 0.1) is 11.8 Å². The van der Waals surface area contributed by atoms with Crippen molar-refractivity contribution in [2.45, 2.75) is 38.5 Å². The van der Waals surface area contributed by atoms with Crippen LogP contribution in [0.15, 0.2) is 34.9 Å². The van der Waals surface area contributed by atoms with E-state index in [9.17, 15) is 9.00 Å². The molecule has 0 bridgehead atoms. The van der Waals surface area contributed by atoms with E-state index in [1.54, 1.807) is 0 Å². The van der Waals surface area contributed by atoms with Gasteiger partial charge in [-0.25, -0.2) is 0 Å². The summed E-state index contributed by atoms with van der Waals surface area (Å²) in [5.41, 5.74) is 1.01. The lowest BCUT2D eigenvalue weighted by Gasteiger charge is -2.13. The fourth-order valence-electron chi connectivity index (χ4n) is 2.11. The Balaban J connectivity index is 1.81. The molecule has 0 saturated heterocycles. The van der Waals surface area contributed by atoms with E-state index in [0.29, 0.717) is 18.1 Å². The molecule has 0 fully saturated rings. The number of carbonyl (C=O) groups excluding carboxylic acids is 1. The van der Waals surface area contributed by atoms with Crippen LogP contribution in [0.2, 0.25) is 0 Å². The highest BCUT2D eigenvalue weighted by atomic mass is 32.2. The molecule has 1 amide bonds. The Bertz CT molecular complexity index is 658. The predicted molar refractivity (Wildman–Crippen MR) is 88.0 cm³/mol. The molecular weight excluding hydrogens is 314 g/mol. The molecule has 0 spiro atoms. The van der Waals surface area contributed by atoms with Crippen LogP contribution in [0.5, 0.6) is 0 Å². The van der Waals surface area contributed by atoms with Gasteiger partial charge in [0.25, 0.3) is 0 Å². The van der Waals surface area contributed by atoms with Crippen molar-refractivity contribution in [3.05, 3.63) is 47.6 Å². The SMILES string of the molecule is CCCc1nc(CS(=O)CC(=O)NC(C)c2ccccc2)no1. The second-order valence-corrected chi connectivity index (χ2v) is 6.74. The third-order valence-electron chi connectivity index (χ3n) is 3.23. The lowest BCUT2D eigenvalue weighted by Crippen LogP contribution is -2.31. The van der Waals surface area contributed by atoms with Crippen LogP contribution < -0.4 is 5.32 Å². The summed E-state index contributed by atoms with van der Waals surface area (Å²) in [4.78, 5) is 16.1.